The van der Waals surface area contributed by atoms with Crippen LogP contribution in [-0.4, -0.2) is 7.05 Å². The van der Waals surface area contributed by atoms with Crippen LogP contribution >= 0.6 is 11.6 Å². The minimum absolute atomic E-state index is 0.236. The van der Waals surface area contributed by atoms with Gasteiger partial charge < -0.3 is 5.32 Å². The van der Waals surface area contributed by atoms with Crippen molar-refractivity contribution in [3.8, 4) is 0 Å². The van der Waals surface area contributed by atoms with Gasteiger partial charge in [-0.25, -0.2) is 4.39 Å². The molecule has 0 aliphatic rings. The summed E-state index contributed by atoms with van der Waals surface area (Å²) in [5.41, 5.74) is 2.80. The lowest BCUT2D eigenvalue weighted by Gasteiger charge is -2.20. The van der Waals surface area contributed by atoms with Crippen molar-refractivity contribution in [2.75, 3.05) is 7.05 Å². The van der Waals surface area contributed by atoms with E-state index < -0.39 is 0 Å². The third-order valence-electron chi connectivity index (χ3n) is 3.40. The topological polar surface area (TPSA) is 12.0 Å². The van der Waals surface area contributed by atoms with Gasteiger partial charge in [0.05, 0.1) is 6.04 Å². The van der Waals surface area contributed by atoms with E-state index in [1.807, 2.05) is 19.2 Å². The van der Waals surface area contributed by atoms with E-state index in [0.29, 0.717) is 10.6 Å². The summed E-state index contributed by atoms with van der Waals surface area (Å²) in [7, 11) is 1.82. The van der Waals surface area contributed by atoms with Crippen molar-refractivity contribution in [1.82, 2.24) is 5.32 Å². The second-order valence-corrected chi connectivity index (χ2v) is 5.26. The molecule has 0 saturated carbocycles. The number of benzene rings is 2. The van der Waals surface area contributed by atoms with Crippen LogP contribution < -0.4 is 5.32 Å². The Hall–Kier alpha value is -1.38. The molecule has 3 heteroatoms. The zero-order chi connectivity index (χ0) is 14.5. The van der Waals surface area contributed by atoms with E-state index in [9.17, 15) is 4.39 Å². The molecule has 2 rings (SSSR count). The summed E-state index contributed by atoms with van der Waals surface area (Å²) in [6.07, 6.45) is 2.11. The second-order valence-electron chi connectivity index (χ2n) is 4.85. The molecule has 1 unspecified atom stereocenters. The van der Waals surface area contributed by atoms with Crippen molar-refractivity contribution in [1.29, 1.82) is 0 Å². The Bertz CT molecular complexity index is 563. The molecule has 106 valence electrons. The van der Waals surface area contributed by atoms with Crippen molar-refractivity contribution >= 4 is 11.6 Å². The minimum Gasteiger partial charge on any atom is -0.309 e. The van der Waals surface area contributed by atoms with Gasteiger partial charge in [0.15, 0.2) is 0 Å². The smallest absolute Gasteiger partial charge is 0.129 e. The Morgan fingerprint density at radius 1 is 1.20 bits per heavy atom. The van der Waals surface area contributed by atoms with Gasteiger partial charge in [-0.1, -0.05) is 55.3 Å². The molecule has 0 bridgehead atoms. The van der Waals surface area contributed by atoms with Gasteiger partial charge in [-0.2, -0.15) is 0 Å². The highest BCUT2D eigenvalue weighted by molar-refractivity contribution is 6.31. The van der Waals surface area contributed by atoms with E-state index in [-0.39, 0.29) is 11.9 Å². The SMILES string of the molecule is CCCc1cccc(C(NC)c2c(F)cccc2Cl)c1. The Kier molecular flexibility index (Phi) is 5.16. The molecule has 0 spiro atoms. The van der Waals surface area contributed by atoms with Crippen molar-refractivity contribution < 1.29 is 4.39 Å². The highest BCUT2D eigenvalue weighted by Gasteiger charge is 2.19. The monoisotopic (exact) mass is 291 g/mol. The van der Waals surface area contributed by atoms with E-state index in [1.54, 1.807) is 12.1 Å². The molecule has 0 heterocycles. The van der Waals surface area contributed by atoms with Crippen LogP contribution in [0.5, 0.6) is 0 Å². The van der Waals surface area contributed by atoms with Crippen molar-refractivity contribution in [2.24, 2.45) is 0 Å². The van der Waals surface area contributed by atoms with Crippen LogP contribution in [-0.2, 0) is 6.42 Å². The van der Waals surface area contributed by atoms with Crippen molar-refractivity contribution in [3.05, 3.63) is 70.0 Å². The largest absolute Gasteiger partial charge is 0.309 e. The summed E-state index contributed by atoms with van der Waals surface area (Å²) in [6, 6.07) is 12.8. The van der Waals surface area contributed by atoms with Gasteiger partial charge in [0.25, 0.3) is 0 Å². The Morgan fingerprint density at radius 2 is 1.95 bits per heavy atom. The Morgan fingerprint density at radius 3 is 2.60 bits per heavy atom. The first-order valence-electron chi connectivity index (χ1n) is 6.87. The highest BCUT2D eigenvalue weighted by atomic mass is 35.5. The number of aryl methyl sites for hydroxylation is 1. The van der Waals surface area contributed by atoms with Crippen LogP contribution in [0.1, 0.15) is 36.1 Å². The molecule has 2 aromatic rings. The molecule has 2 aromatic carbocycles. The molecular weight excluding hydrogens is 273 g/mol. The number of rotatable bonds is 5. The molecule has 0 aromatic heterocycles. The van der Waals surface area contributed by atoms with Gasteiger partial charge in [-0.3, -0.25) is 0 Å². The molecular formula is C17H19ClFN. The molecule has 0 saturated heterocycles. The molecule has 20 heavy (non-hydrogen) atoms. The van der Waals surface area contributed by atoms with E-state index >= 15 is 0 Å². The van der Waals surface area contributed by atoms with Gasteiger partial charge in [0, 0.05) is 10.6 Å². The molecule has 0 aliphatic carbocycles. The van der Waals surface area contributed by atoms with E-state index in [0.717, 1.165) is 18.4 Å². The zero-order valence-electron chi connectivity index (χ0n) is 11.8. The summed E-state index contributed by atoms with van der Waals surface area (Å²) in [4.78, 5) is 0. The average Bonchev–Trinajstić information content (AvgIpc) is 2.44. The van der Waals surface area contributed by atoms with E-state index in [1.165, 1.54) is 11.6 Å². The molecule has 1 N–H and O–H groups in total. The first-order valence-corrected chi connectivity index (χ1v) is 7.25. The van der Waals surface area contributed by atoms with Gasteiger partial charge in [0.1, 0.15) is 5.82 Å². The fourth-order valence-electron chi connectivity index (χ4n) is 2.48. The van der Waals surface area contributed by atoms with Crippen LogP contribution in [0.3, 0.4) is 0 Å². The summed E-state index contributed by atoms with van der Waals surface area (Å²) >= 11 is 6.17. The normalized spacial score (nSPS) is 12.4. The lowest BCUT2D eigenvalue weighted by molar-refractivity contribution is 0.576. The molecule has 0 radical (unpaired) electrons. The fourth-order valence-corrected chi connectivity index (χ4v) is 2.75. The van der Waals surface area contributed by atoms with Gasteiger partial charge >= 0.3 is 0 Å². The van der Waals surface area contributed by atoms with E-state index in [4.69, 9.17) is 11.6 Å². The third-order valence-corrected chi connectivity index (χ3v) is 3.73. The van der Waals surface area contributed by atoms with E-state index in [2.05, 4.69) is 24.4 Å². The summed E-state index contributed by atoms with van der Waals surface area (Å²) in [5, 5.41) is 3.61. The van der Waals surface area contributed by atoms with Crippen molar-refractivity contribution in [2.45, 2.75) is 25.8 Å². The molecule has 1 atom stereocenters. The second kappa shape index (κ2) is 6.87. The maximum Gasteiger partial charge on any atom is 0.129 e. The van der Waals surface area contributed by atoms with Crippen LogP contribution in [0.2, 0.25) is 5.02 Å². The van der Waals surface area contributed by atoms with Gasteiger partial charge in [0.2, 0.25) is 0 Å². The van der Waals surface area contributed by atoms with Gasteiger partial charge in [-0.05, 0) is 36.7 Å². The number of hydrogen-bond donors (Lipinski definition) is 1. The average molecular weight is 292 g/mol. The Labute approximate surface area is 124 Å². The zero-order valence-corrected chi connectivity index (χ0v) is 12.5. The molecule has 0 aliphatic heterocycles. The quantitative estimate of drug-likeness (QED) is 0.839. The third kappa shape index (κ3) is 3.20. The lowest BCUT2D eigenvalue weighted by Crippen LogP contribution is -2.19. The lowest BCUT2D eigenvalue weighted by atomic mass is 9.96. The summed E-state index contributed by atoms with van der Waals surface area (Å²) < 4.78 is 14.1. The molecule has 0 amide bonds. The van der Waals surface area contributed by atoms with Crippen molar-refractivity contribution in [3.63, 3.8) is 0 Å². The first-order chi connectivity index (χ1) is 9.67. The van der Waals surface area contributed by atoms with Crippen LogP contribution in [0, 0.1) is 5.82 Å². The molecule has 0 fully saturated rings. The van der Waals surface area contributed by atoms with Crippen LogP contribution in [0.4, 0.5) is 4.39 Å². The maximum atomic E-state index is 14.1. The predicted octanol–water partition coefficient (Wildman–Crippen LogP) is 4.74. The summed E-state index contributed by atoms with van der Waals surface area (Å²) in [6.45, 7) is 2.15. The van der Waals surface area contributed by atoms with Crippen LogP contribution in [0.15, 0.2) is 42.5 Å². The predicted molar refractivity (Wildman–Crippen MR) is 82.7 cm³/mol. The van der Waals surface area contributed by atoms with Crippen LogP contribution in [0.25, 0.3) is 0 Å². The first kappa shape index (κ1) is 15.0. The molecule has 1 nitrogen and oxygen atoms in total. The number of nitrogens with one attached hydrogen (secondary N) is 1. The summed E-state index contributed by atoms with van der Waals surface area (Å²) in [5.74, 6) is -0.280. The minimum atomic E-state index is -0.280. The maximum absolute atomic E-state index is 14.1. The standard InChI is InChI=1S/C17H19ClFN/c1-3-6-12-7-4-8-13(11-12)17(20-2)16-14(18)9-5-10-15(16)19/h4-5,7-11,17,20H,3,6H2,1-2H3. The number of halogens is 2. The highest BCUT2D eigenvalue weighted by Crippen LogP contribution is 2.30. The fraction of sp³-hybridized carbons (Fsp3) is 0.294. The number of hydrogen-bond acceptors (Lipinski definition) is 1. The van der Waals surface area contributed by atoms with Gasteiger partial charge in [-0.15, -0.1) is 0 Å². The Balaban J connectivity index is 2.44.